The summed E-state index contributed by atoms with van der Waals surface area (Å²) in [5.74, 6) is 0. The maximum absolute atomic E-state index is 12.3. The first-order chi connectivity index (χ1) is 13.2. The first kappa shape index (κ1) is 20.1. The van der Waals surface area contributed by atoms with Gasteiger partial charge < -0.3 is 14.5 Å². The summed E-state index contributed by atoms with van der Waals surface area (Å²) in [4.78, 5) is 28.4. The molecule has 148 valence electrons. The van der Waals surface area contributed by atoms with Crippen LogP contribution in [0.25, 0.3) is 0 Å². The van der Waals surface area contributed by atoms with E-state index in [1.54, 1.807) is 17.3 Å². The van der Waals surface area contributed by atoms with E-state index < -0.39 is 17.1 Å². The van der Waals surface area contributed by atoms with E-state index in [0.29, 0.717) is 13.0 Å². The van der Waals surface area contributed by atoms with E-state index >= 15 is 0 Å². The Bertz CT molecular complexity index is 836. The van der Waals surface area contributed by atoms with Crippen molar-refractivity contribution >= 4 is 23.9 Å². The average Bonchev–Trinajstić information content (AvgIpc) is 2.59. The van der Waals surface area contributed by atoms with Crippen molar-refractivity contribution in [1.29, 1.82) is 5.26 Å². The molecule has 3 rings (SSSR count). The van der Waals surface area contributed by atoms with Crippen LogP contribution in [0.15, 0.2) is 29.5 Å². The molecule has 0 spiro atoms. The maximum atomic E-state index is 12.3. The molecule has 3 heterocycles. The quantitative estimate of drug-likeness (QED) is 0.718. The zero-order chi connectivity index (χ0) is 20.4. The molecule has 1 fully saturated rings. The fourth-order valence-corrected chi connectivity index (χ4v) is 3.40. The molecule has 2 aliphatic rings. The Kier molecular flexibility index (Phi) is 5.57. The van der Waals surface area contributed by atoms with Crippen LogP contribution in [-0.4, -0.2) is 63.5 Å². The van der Waals surface area contributed by atoms with Crippen molar-refractivity contribution in [3.63, 3.8) is 0 Å². The van der Waals surface area contributed by atoms with Gasteiger partial charge >= 0.3 is 6.09 Å². The zero-order valence-electron chi connectivity index (χ0n) is 16.2. The standard InChI is InChI=1S/C19H23ClN6O2/c1-18(2,3)28-17(27)26-12-19(11-21,13-26)15-22-7-4-9-25(15)10-6-14-5-8-23-16(20)24-14/h4-5,7-9,15H,6,10,12-13H2,1-3H3. The SMILES string of the molecule is CC(C)(C)OC(=O)N1CC(C#N)(C2N=CC=CN2CCc2ccnc(Cl)n2)C1. The number of allylic oxidation sites excluding steroid dienone is 1. The number of aromatic nitrogens is 2. The van der Waals surface area contributed by atoms with Crippen LogP contribution < -0.4 is 0 Å². The van der Waals surface area contributed by atoms with Crippen molar-refractivity contribution in [1.82, 2.24) is 19.8 Å². The number of carbonyl (C=O) groups excluding carboxylic acids is 1. The van der Waals surface area contributed by atoms with Crippen LogP contribution >= 0.6 is 11.6 Å². The Balaban J connectivity index is 1.66. The van der Waals surface area contributed by atoms with Crippen LogP contribution in [0.2, 0.25) is 5.28 Å². The predicted octanol–water partition coefficient (Wildman–Crippen LogP) is 2.66. The van der Waals surface area contributed by atoms with Gasteiger partial charge in [-0.05, 0) is 44.5 Å². The summed E-state index contributed by atoms with van der Waals surface area (Å²) in [6.07, 6.45) is 6.91. The molecule has 1 unspecified atom stereocenters. The minimum Gasteiger partial charge on any atom is -0.444 e. The van der Waals surface area contributed by atoms with Crippen molar-refractivity contribution in [2.24, 2.45) is 10.4 Å². The molecule has 9 heteroatoms. The number of ether oxygens (including phenoxy) is 1. The van der Waals surface area contributed by atoms with E-state index in [9.17, 15) is 10.1 Å². The number of halogens is 1. The van der Waals surface area contributed by atoms with Crippen LogP contribution in [0.3, 0.4) is 0 Å². The van der Waals surface area contributed by atoms with Crippen LogP contribution in [0.1, 0.15) is 26.5 Å². The molecule has 28 heavy (non-hydrogen) atoms. The number of nitriles is 1. The number of hydrogen-bond donors (Lipinski definition) is 0. The molecule has 8 nitrogen and oxygen atoms in total. The van der Waals surface area contributed by atoms with Crippen molar-refractivity contribution in [2.75, 3.05) is 19.6 Å². The van der Waals surface area contributed by atoms with Gasteiger partial charge in [-0.15, -0.1) is 0 Å². The minimum atomic E-state index is -0.776. The zero-order valence-corrected chi connectivity index (χ0v) is 16.9. The molecule has 2 aliphatic heterocycles. The summed E-state index contributed by atoms with van der Waals surface area (Å²) in [6, 6.07) is 4.20. The van der Waals surface area contributed by atoms with E-state index in [1.165, 1.54) is 0 Å². The molecule has 1 aromatic heterocycles. The second-order valence-corrected chi connectivity index (χ2v) is 8.26. The molecule has 0 bridgehead atoms. The normalized spacial score (nSPS) is 20.5. The lowest BCUT2D eigenvalue weighted by molar-refractivity contribution is -0.0389. The van der Waals surface area contributed by atoms with Crippen LogP contribution in [0.4, 0.5) is 4.79 Å². The van der Waals surface area contributed by atoms with Gasteiger partial charge in [0.05, 0.1) is 6.07 Å². The van der Waals surface area contributed by atoms with E-state index in [4.69, 9.17) is 16.3 Å². The summed E-state index contributed by atoms with van der Waals surface area (Å²) in [5, 5.41) is 10.1. The van der Waals surface area contributed by atoms with Crippen molar-refractivity contribution in [2.45, 2.75) is 39.0 Å². The van der Waals surface area contributed by atoms with Gasteiger partial charge in [0, 0.05) is 50.4 Å². The van der Waals surface area contributed by atoms with Crippen LogP contribution in [-0.2, 0) is 11.2 Å². The summed E-state index contributed by atoms with van der Waals surface area (Å²) >= 11 is 5.85. The molecule has 0 saturated carbocycles. The Morgan fingerprint density at radius 1 is 1.46 bits per heavy atom. The highest BCUT2D eigenvalue weighted by Gasteiger charge is 2.54. The molecule has 1 atom stereocenters. The highest BCUT2D eigenvalue weighted by Crippen LogP contribution is 2.38. The van der Waals surface area contributed by atoms with E-state index in [2.05, 4.69) is 21.0 Å². The van der Waals surface area contributed by atoms with E-state index in [-0.39, 0.29) is 24.5 Å². The number of aliphatic imine (C=N–C) groups is 1. The molecular formula is C19H23ClN6O2. The number of hydrogen-bond acceptors (Lipinski definition) is 7. The third kappa shape index (κ3) is 4.42. The largest absolute Gasteiger partial charge is 0.444 e. The highest BCUT2D eigenvalue weighted by atomic mass is 35.5. The van der Waals surface area contributed by atoms with Gasteiger partial charge in [-0.25, -0.2) is 14.8 Å². The average molecular weight is 403 g/mol. The Labute approximate surface area is 169 Å². The van der Waals surface area contributed by atoms with Gasteiger partial charge in [-0.2, -0.15) is 5.26 Å². The molecule has 1 aromatic rings. The lowest BCUT2D eigenvalue weighted by Crippen LogP contribution is -2.66. The minimum absolute atomic E-state index is 0.210. The summed E-state index contributed by atoms with van der Waals surface area (Å²) in [7, 11) is 0. The highest BCUT2D eigenvalue weighted by molar-refractivity contribution is 6.28. The van der Waals surface area contributed by atoms with E-state index in [1.807, 2.05) is 44.0 Å². The van der Waals surface area contributed by atoms with Crippen molar-refractivity contribution in [3.05, 3.63) is 35.5 Å². The van der Waals surface area contributed by atoms with E-state index in [0.717, 1.165) is 5.69 Å². The molecule has 0 aliphatic carbocycles. The third-order valence-electron chi connectivity index (χ3n) is 4.53. The summed E-state index contributed by atoms with van der Waals surface area (Å²) in [5.41, 5.74) is -0.531. The van der Waals surface area contributed by atoms with Gasteiger partial charge in [0.25, 0.3) is 0 Å². The predicted molar refractivity (Wildman–Crippen MR) is 105 cm³/mol. The second kappa shape index (κ2) is 7.76. The summed E-state index contributed by atoms with van der Waals surface area (Å²) in [6.45, 7) is 6.63. The third-order valence-corrected chi connectivity index (χ3v) is 4.71. The molecule has 0 aromatic carbocycles. The number of amides is 1. The molecule has 0 N–H and O–H groups in total. The Hall–Kier alpha value is -2.66. The fourth-order valence-electron chi connectivity index (χ4n) is 3.24. The van der Waals surface area contributed by atoms with Gasteiger partial charge in [0.15, 0.2) is 0 Å². The molecule has 1 saturated heterocycles. The van der Waals surface area contributed by atoms with Gasteiger partial charge in [-0.3, -0.25) is 4.99 Å². The molecular weight excluding hydrogens is 380 g/mol. The van der Waals surface area contributed by atoms with Gasteiger partial charge in [0.1, 0.15) is 17.2 Å². The lowest BCUT2D eigenvalue weighted by atomic mass is 9.77. The molecule has 0 radical (unpaired) electrons. The first-order valence-electron chi connectivity index (χ1n) is 9.05. The van der Waals surface area contributed by atoms with Crippen LogP contribution in [0.5, 0.6) is 0 Å². The fraction of sp³-hybridized carbons (Fsp3) is 0.526. The lowest BCUT2D eigenvalue weighted by Gasteiger charge is -2.51. The van der Waals surface area contributed by atoms with Crippen molar-refractivity contribution in [3.8, 4) is 6.07 Å². The van der Waals surface area contributed by atoms with Gasteiger partial charge in [0.2, 0.25) is 5.28 Å². The molecule has 1 amide bonds. The Morgan fingerprint density at radius 2 is 2.21 bits per heavy atom. The van der Waals surface area contributed by atoms with Gasteiger partial charge in [-0.1, -0.05) is 0 Å². The monoisotopic (exact) mass is 402 g/mol. The summed E-state index contributed by atoms with van der Waals surface area (Å²) < 4.78 is 5.40. The number of likely N-dealkylation sites (tertiary alicyclic amines) is 1. The Morgan fingerprint density at radius 3 is 2.86 bits per heavy atom. The first-order valence-corrected chi connectivity index (χ1v) is 9.43. The van der Waals surface area contributed by atoms with Crippen molar-refractivity contribution < 1.29 is 9.53 Å². The number of nitrogens with zero attached hydrogens (tertiary/aromatic N) is 6. The topological polar surface area (TPSA) is 94.7 Å². The number of rotatable bonds is 4. The maximum Gasteiger partial charge on any atom is 0.410 e. The smallest absolute Gasteiger partial charge is 0.410 e. The number of carbonyl (C=O) groups is 1. The van der Waals surface area contributed by atoms with Crippen LogP contribution in [0, 0.1) is 16.7 Å². The second-order valence-electron chi connectivity index (χ2n) is 7.92.